The summed E-state index contributed by atoms with van der Waals surface area (Å²) in [6, 6.07) is 0. The molecule has 1 aliphatic heterocycles. The molecule has 1 aliphatic carbocycles. The van der Waals surface area contributed by atoms with E-state index < -0.39 is 0 Å². The molecule has 0 spiro atoms. The Hall–Kier alpha value is -0.730. The minimum absolute atomic E-state index is 0.149. The summed E-state index contributed by atoms with van der Waals surface area (Å²) in [6.45, 7) is 8.72. The zero-order valence-corrected chi connectivity index (χ0v) is 8.76. The quantitative estimate of drug-likeness (QED) is 0.575. The molecule has 0 N–H and O–H groups in total. The summed E-state index contributed by atoms with van der Waals surface area (Å²) in [7, 11) is 0. The highest BCUT2D eigenvalue weighted by molar-refractivity contribution is 5.72. The van der Waals surface area contributed by atoms with Crippen LogP contribution in [0.4, 0.5) is 4.79 Å². The van der Waals surface area contributed by atoms with E-state index in [0.29, 0.717) is 0 Å². The molecule has 0 aromatic carbocycles. The van der Waals surface area contributed by atoms with E-state index in [-0.39, 0.29) is 17.2 Å². The Labute approximate surface area is 79.0 Å². The second-order valence-electron chi connectivity index (χ2n) is 5.35. The van der Waals surface area contributed by atoms with Crippen LogP contribution in [0.3, 0.4) is 0 Å². The molecule has 0 aromatic heterocycles. The van der Waals surface area contributed by atoms with Crippen molar-refractivity contribution >= 4 is 6.09 Å². The Balaban J connectivity index is 1.92. The molecule has 13 heavy (non-hydrogen) atoms. The fourth-order valence-electron chi connectivity index (χ4n) is 1.95. The number of rotatable bonds is 0. The summed E-state index contributed by atoms with van der Waals surface area (Å²) in [5, 5.41) is 0. The first-order chi connectivity index (χ1) is 5.83. The summed E-state index contributed by atoms with van der Waals surface area (Å²) in [5.41, 5.74) is -0.213. The summed E-state index contributed by atoms with van der Waals surface area (Å²) in [4.78, 5) is 13.4. The molecule has 2 aliphatic rings. The molecule has 74 valence electrons. The van der Waals surface area contributed by atoms with Crippen molar-refractivity contribution in [3.8, 4) is 0 Å². The lowest BCUT2D eigenvalue weighted by molar-refractivity contribution is -0.00530. The highest BCUT2D eigenvalue weighted by Gasteiger charge is 2.66. The van der Waals surface area contributed by atoms with Crippen LogP contribution in [0, 0.1) is 5.92 Å². The number of likely N-dealkylation sites (tertiary alicyclic amines) is 1. The zero-order valence-electron chi connectivity index (χ0n) is 8.76. The van der Waals surface area contributed by atoms with Crippen LogP contribution >= 0.6 is 0 Å². The van der Waals surface area contributed by atoms with Gasteiger partial charge >= 0.3 is 6.09 Å². The molecular weight excluding hydrogens is 166 g/mol. The van der Waals surface area contributed by atoms with Crippen LogP contribution in [0.5, 0.6) is 0 Å². The summed E-state index contributed by atoms with van der Waals surface area (Å²) in [5.74, 6) is 0.750. The van der Waals surface area contributed by atoms with Crippen molar-refractivity contribution in [2.45, 2.75) is 45.3 Å². The maximum absolute atomic E-state index is 11.6. The van der Waals surface area contributed by atoms with Gasteiger partial charge in [0.05, 0.1) is 0 Å². The van der Waals surface area contributed by atoms with Crippen molar-refractivity contribution < 1.29 is 9.53 Å². The number of fused-ring (bicyclic) bond motifs is 1. The van der Waals surface area contributed by atoms with Gasteiger partial charge in [-0.2, -0.15) is 0 Å². The topological polar surface area (TPSA) is 29.5 Å². The van der Waals surface area contributed by atoms with Gasteiger partial charge in [-0.15, -0.1) is 0 Å². The highest BCUT2D eigenvalue weighted by atomic mass is 16.6. The predicted molar refractivity (Wildman–Crippen MR) is 49.5 cm³/mol. The van der Waals surface area contributed by atoms with Gasteiger partial charge < -0.3 is 9.64 Å². The molecule has 1 saturated carbocycles. The lowest BCUT2D eigenvalue weighted by Crippen LogP contribution is -2.53. The second kappa shape index (κ2) is 2.20. The summed E-state index contributed by atoms with van der Waals surface area (Å²) >= 11 is 0. The molecule has 0 radical (unpaired) electrons. The Morgan fingerprint density at radius 3 is 2.46 bits per heavy atom. The first kappa shape index (κ1) is 8.85. The molecule has 1 amide bonds. The average molecular weight is 183 g/mol. The Morgan fingerprint density at radius 2 is 2.15 bits per heavy atom. The van der Waals surface area contributed by atoms with Crippen LogP contribution in [0.25, 0.3) is 0 Å². The molecule has 3 heteroatoms. The van der Waals surface area contributed by atoms with E-state index in [0.717, 1.165) is 18.9 Å². The molecule has 0 aromatic rings. The van der Waals surface area contributed by atoms with Gasteiger partial charge in [0.25, 0.3) is 0 Å². The molecule has 2 atom stereocenters. The largest absolute Gasteiger partial charge is 0.444 e. The second-order valence-corrected chi connectivity index (χ2v) is 5.35. The maximum Gasteiger partial charge on any atom is 0.410 e. The van der Waals surface area contributed by atoms with E-state index in [2.05, 4.69) is 6.92 Å². The number of ether oxygens (including phenoxy) is 1. The van der Waals surface area contributed by atoms with Gasteiger partial charge in [-0.05, 0) is 34.1 Å². The van der Waals surface area contributed by atoms with Crippen LogP contribution in [-0.2, 0) is 4.74 Å². The molecule has 1 saturated heterocycles. The van der Waals surface area contributed by atoms with Crippen LogP contribution in [0.15, 0.2) is 0 Å². The number of carbonyl (C=O) groups is 1. The normalized spacial score (nSPS) is 36.3. The fourth-order valence-corrected chi connectivity index (χ4v) is 1.95. The third-order valence-corrected chi connectivity index (χ3v) is 3.01. The minimum Gasteiger partial charge on any atom is -0.444 e. The maximum atomic E-state index is 11.6. The van der Waals surface area contributed by atoms with E-state index in [9.17, 15) is 4.79 Å². The van der Waals surface area contributed by atoms with Crippen LogP contribution in [0.2, 0.25) is 0 Å². The summed E-state index contributed by atoms with van der Waals surface area (Å²) < 4.78 is 5.29. The minimum atomic E-state index is -0.368. The first-order valence-electron chi connectivity index (χ1n) is 4.83. The van der Waals surface area contributed by atoms with Crippen LogP contribution in [0.1, 0.15) is 34.1 Å². The molecule has 2 fully saturated rings. The third kappa shape index (κ3) is 1.30. The molecular formula is C10H17NO2. The number of hydrogen-bond acceptors (Lipinski definition) is 2. The average Bonchev–Trinajstić information content (AvgIpc) is 2.36. The van der Waals surface area contributed by atoms with Crippen molar-refractivity contribution in [2.75, 3.05) is 6.54 Å². The van der Waals surface area contributed by atoms with E-state index in [1.54, 1.807) is 0 Å². The van der Waals surface area contributed by atoms with E-state index in [1.807, 2.05) is 25.7 Å². The Kier molecular flexibility index (Phi) is 1.49. The van der Waals surface area contributed by atoms with Gasteiger partial charge in [-0.3, -0.25) is 0 Å². The van der Waals surface area contributed by atoms with Crippen molar-refractivity contribution in [1.29, 1.82) is 0 Å². The first-order valence-corrected chi connectivity index (χ1v) is 4.83. The molecule has 3 nitrogen and oxygen atoms in total. The number of amides is 1. The monoisotopic (exact) mass is 183 g/mol. The van der Waals surface area contributed by atoms with Crippen LogP contribution in [-0.4, -0.2) is 28.7 Å². The molecule has 2 unspecified atom stereocenters. The lowest BCUT2D eigenvalue weighted by atomic mass is 10.1. The molecule has 2 rings (SSSR count). The van der Waals surface area contributed by atoms with Crippen molar-refractivity contribution in [3.63, 3.8) is 0 Å². The van der Waals surface area contributed by atoms with Gasteiger partial charge in [-0.25, -0.2) is 4.79 Å². The molecule has 1 heterocycles. The van der Waals surface area contributed by atoms with E-state index in [1.165, 1.54) is 0 Å². The lowest BCUT2D eigenvalue weighted by Gasteiger charge is -2.39. The number of carbonyl (C=O) groups excluding carboxylic acids is 1. The van der Waals surface area contributed by atoms with Gasteiger partial charge in [-0.1, -0.05) is 0 Å². The van der Waals surface area contributed by atoms with Crippen molar-refractivity contribution in [1.82, 2.24) is 4.90 Å². The Bertz CT molecular complexity index is 256. The van der Waals surface area contributed by atoms with Crippen molar-refractivity contribution in [3.05, 3.63) is 0 Å². The smallest absolute Gasteiger partial charge is 0.410 e. The zero-order chi connectivity index (χ0) is 9.85. The van der Waals surface area contributed by atoms with Gasteiger partial charge in [0.2, 0.25) is 0 Å². The van der Waals surface area contributed by atoms with Gasteiger partial charge in [0.15, 0.2) is 0 Å². The predicted octanol–water partition coefficient (Wildman–Crippen LogP) is 2.02. The van der Waals surface area contributed by atoms with E-state index in [4.69, 9.17) is 4.74 Å². The van der Waals surface area contributed by atoms with E-state index >= 15 is 0 Å². The third-order valence-electron chi connectivity index (χ3n) is 3.01. The number of nitrogens with zero attached hydrogens (tertiary/aromatic N) is 1. The SMILES string of the molecule is CC(C)(C)OC(=O)N1CC2CC21C. The van der Waals surface area contributed by atoms with Gasteiger partial charge in [0.1, 0.15) is 5.60 Å². The standard InChI is InChI=1S/C10H17NO2/c1-9(2,3)13-8(12)11-6-7-5-10(7,11)4/h7H,5-6H2,1-4H3. The number of hydrogen-bond donors (Lipinski definition) is 0. The highest BCUT2D eigenvalue weighted by Crippen LogP contribution is 2.57. The Morgan fingerprint density at radius 1 is 1.54 bits per heavy atom. The van der Waals surface area contributed by atoms with Crippen LogP contribution < -0.4 is 0 Å². The summed E-state index contributed by atoms with van der Waals surface area (Å²) in [6.07, 6.45) is 1.01. The van der Waals surface area contributed by atoms with Gasteiger partial charge in [0, 0.05) is 18.0 Å². The molecule has 0 bridgehead atoms. The fraction of sp³-hybridized carbons (Fsp3) is 0.900. The van der Waals surface area contributed by atoms with Crippen molar-refractivity contribution in [2.24, 2.45) is 5.92 Å².